The van der Waals surface area contributed by atoms with Crippen molar-refractivity contribution in [2.45, 2.75) is 69.4 Å². The first-order valence-corrected chi connectivity index (χ1v) is 9.28. The van der Waals surface area contributed by atoms with E-state index in [1.54, 1.807) is 0 Å². The Hall–Kier alpha value is -1.25. The summed E-state index contributed by atoms with van der Waals surface area (Å²) in [6.45, 7) is 0.202. The number of aliphatic carboxylic acids is 1. The first kappa shape index (κ1) is 19.5. The Morgan fingerprint density at radius 3 is 2.85 bits per heavy atom. The van der Waals surface area contributed by atoms with Crippen molar-refractivity contribution in [2.24, 2.45) is 11.8 Å². The van der Waals surface area contributed by atoms with Gasteiger partial charge in [-0.1, -0.05) is 0 Å². The SMILES string of the molecule is O=C(O)CCCC=C1OC2CC(OC3CCCCO3)C(CO)C2C1(F)F. The van der Waals surface area contributed by atoms with E-state index in [-0.39, 0.29) is 25.7 Å². The van der Waals surface area contributed by atoms with Gasteiger partial charge >= 0.3 is 11.9 Å². The lowest BCUT2D eigenvalue weighted by Gasteiger charge is -2.30. The summed E-state index contributed by atoms with van der Waals surface area (Å²) in [6, 6.07) is 0. The summed E-state index contributed by atoms with van der Waals surface area (Å²) in [5, 5.41) is 18.3. The summed E-state index contributed by atoms with van der Waals surface area (Å²) in [5.41, 5.74) is 0. The van der Waals surface area contributed by atoms with E-state index in [2.05, 4.69) is 0 Å². The number of hydrogen-bond donors (Lipinski definition) is 2. The molecule has 8 heteroatoms. The Morgan fingerprint density at radius 2 is 2.19 bits per heavy atom. The number of carboxylic acids is 1. The molecule has 148 valence electrons. The molecule has 2 N–H and O–H groups in total. The van der Waals surface area contributed by atoms with Crippen molar-refractivity contribution < 1.29 is 38.0 Å². The summed E-state index contributed by atoms with van der Waals surface area (Å²) < 4.78 is 46.5. The number of hydrogen-bond acceptors (Lipinski definition) is 5. The van der Waals surface area contributed by atoms with E-state index in [1.165, 1.54) is 6.08 Å². The van der Waals surface area contributed by atoms with Gasteiger partial charge in [-0.05, 0) is 38.2 Å². The van der Waals surface area contributed by atoms with Crippen molar-refractivity contribution in [3.05, 3.63) is 11.8 Å². The van der Waals surface area contributed by atoms with Gasteiger partial charge in [0.25, 0.3) is 0 Å². The third-order valence-corrected chi connectivity index (χ3v) is 5.43. The molecule has 0 aromatic rings. The molecule has 0 radical (unpaired) electrons. The van der Waals surface area contributed by atoms with Crippen LogP contribution in [0.25, 0.3) is 0 Å². The van der Waals surface area contributed by atoms with Gasteiger partial charge in [-0.3, -0.25) is 4.79 Å². The second kappa shape index (κ2) is 8.19. The van der Waals surface area contributed by atoms with Crippen molar-refractivity contribution in [3.63, 3.8) is 0 Å². The van der Waals surface area contributed by atoms with Crippen LogP contribution in [0.1, 0.15) is 44.9 Å². The molecule has 2 saturated heterocycles. The molecule has 3 rings (SSSR count). The summed E-state index contributed by atoms with van der Waals surface area (Å²) in [5.74, 6) is -6.39. The average molecular weight is 376 g/mol. The van der Waals surface area contributed by atoms with Crippen molar-refractivity contribution in [1.29, 1.82) is 0 Å². The highest BCUT2D eigenvalue weighted by Gasteiger charge is 2.64. The number of aliphatic hydroxyl groups excluding tert-OH is 1. The molecule has 0 amide bonds. The van der Waals surface area contributed by atoms with Gasteiger partial charge in [-0.2, -0.15) is 8.78 Å². The maximum atomic E-state index is 14.8. The molecule has 6 nitrogen and oxygen atoms in total. The smallest absolute Gasteiger partial charge is 0.310 e. The van der Waals surface area contributed by atoms with Crippen LogP contribution < -0.4 is 0 Å². The third kappa shape index (κ3) is 4.02. The molecule has 2 aliphatic heterocycles. The molecule has 1 aliphatic carbocycles. The van der Waals surface area contributed by atoms with Crippen LogP contribution >= 0.6 is 0 Å². The fourth-order valence-electron chi connectivity index (χ4n) is 4.16. The predicted octanol–water partition coefficient (Wildman–Crippen LogP) is 2.70. The molecule has 2 heterocycles. The van der Waals surface area contributed by atoms with E-state index < -0.39 is 54.6 Å². The minimum Gasteiger partial charge on any atom is -0.488 e. The Labute approximate surface area is 151 Å². The van der Waals surface area contributed by atoms with Crippen LogP contribution in [0.2, 0.25) is 0 Å². The van der Waals surface area contributed by atoms with Crippen LogP contribution in [0.15, 0.2) is 11.8 Å². The second-order valence-electron chi connectivity index (χ2n) is 7.21. The van der Waals surface area contributed by atoms with E-state index in [0.29, 0.717) is 6.61 Å². The van der Waals surface area contributed by atoms with E-state index >= 15 is 0 Å². The molecule has 0 aromatic heterocycles. The number of carbonyl (C=O) groups is 1. The molecular weight excluding hydrogens is 350 g/mol. The minimum absolute atomic E-state index is 0.0707. The number of allylic oxidation sites excluding steroid dienone is 2. The number of unbranched alkanes of at least 4 members (excludes halogenated alkanes) is 1. The van der Waals surface area contributed by atoms with Crippen LogP contribution in [0.5, 0.6) is 0 Å². The van der Waals surface area contributed by atoms with E-state index in [9.17, 15) is 18.7 Å². The molecular formula is C18H26F2O6. The van der Waals surface area contributed by atoms with Crippen LogP contribution in [0.3, 0.4) is 0 Å². The number of rotatable bonds is 7. The van der Waals surface area contributed by atoms with Crippen LogP contribution in [0, 0.1) is 11.8 Å². The largest absolute Gasteiger partial charge is 0.488 e. The molecule has 3 aliphatic rings. The van der Waals surface area contributed by atoms with Crippen LogP contribution in [-0.4, -0.2) is 53.8 Å². The van der Waals surface area contributed by atoms with Gasteiger partial charge in [0.05, 0.1) is 12.0 Å². The summed E-state index contributed by atoms with van der Waals surface area (Å²) in [7, 11) is 0. The summed E-state index contributed by atoms with van der Waals surface area (Å²) in [6.07, 6.45) is 3.06. The second-order valence-corrected chi connectivity index (χ2v) is 7.21. The normalized spacial score (nSPS) is 37.5. The van der Waals surface area contributed by atoms with Crippen molar-refractivity contribution >= 4 is 5.97 Å². The van der Waals surface area contributed by atoms with Gasteiger partial charge in [0, 0.05) is 32.0 Å². The van der Waals surface area contributed by atoms with Gasteiger partial charge in [0.15, 0.2) is 12.0 Å². The van der Waals surface area contributed by atoms with Gasteiger partial charge in [-0.15, -0.1) is 0 Å². The first-order chi connectivity index (χ1) is 12.4. The number of carboxylic acid groups (broad SMARTS) is 1. The topological polar surface area (TPSA) is 85.2 Å². The van der Waals surface area contributed by atoms with E-state index in [1.807, 2.05) is 0 Å². The zero-order chi connectivity index (χ0) is 18.7. The quantitative estimate of drug-likeness (QED) is 0.665. The highest BCUT2D eigenvalue weighted by atomic mass is 19.3. The molecule has 1 saturated carbocycles. The zero-order valence-electron chi connectivity index (χ0n) is 14.6. The molecule has 5 atom stereocenters. The van der Waals surface area contributed by atoms with E-state index in [0.717, 1.165) is 19.3 Å². The maximum absolute atomic E-state index is 14.8. The minimum atomic E-state index is -3.19. The molecule has 0 bridgehead atoms. The fourth-order valence-corrected chi connectivity index (χ4v) is 4.16. The summed E-state index contributed by atoms with van der Waals surface area (Å²) in [4.78, 5) is 10.5. The lowest BCUT2D eigenvalue weighted by molar-refractivity contribution is -0.202. The number of aliphatic hydroxyl groups is 1. The van der Waals surface area contributed by atoms with Crippen molar-refractivity contribution in [3.8, 4) is 0 Å². The third-order valence-electron chi connectivity index (χ3n) is 5.43. The number of ether oxygens (including phenoxy) is 3. The Balaban J connectivity index is 1.63. The standard InChI is InChI=1S/C18H26F2O6/c19-18(20)14(5-1-2-6-15(22)23)25-13-9-12(11(10-21)17(13)18)26-16-7-3-4-8-24-16/h5,11-13,16-17,21H,1-4,6-10H2,(H,22,23). The Morgan fingerprint density at radius 1 is 1.38 bits per heavy atom. The zero-order valence-corrected chi connectivity index (χ0v) is 14.6. The molecule has 5 unspecified atom stereocenters. The number of halogens is 2. The van der Waals surface area contributed by atoms with E-state index in [4.69, 9.17) is 19.3 Å². The van der Waals surface area contributed by atoms with Gasteiger partial charge < -0.3 is 24.4 Å². The highest BCUT2D eigenvalue weighted by molar-refractivity contribution is 5.66. The first-order valence-electron chi connectivity index (χ1n) is 9.28. The Bertz CT molecular complexity index is 532. The van der Waals surface area contributed by atoms with Gasteiger partial charge in [-0.25, -0.2) is 0 Å². The molecule has 0 aromatic carbocycles. The van der Waals surface area contributed by atoms with Crippen molar-refractivity contribution in [1.82, 2.24) is 0 Å². The average Bonchev–Trinajstić information content (AvgIpc) is 3.06. The lowest BCUT2D eigenvalue weighted by Crippen LogP contribution is -2.38. The molecule has 26 heavy (non-hydrogen) atoms. The summed E-state index contributed by atoms with van der Waals surface area (Å²) >= 11 is 0. The highest BCUT2D eigenvalue weighted by Crippen LogP contribution is 2.54. The number of fused-ring (bicyclic) bond motifs is 1. The predicted molar refractivity (Wildman–Crippen MR) is 86.5 cm³/mol. The fraction of sp³-hybridized carbons (Fsp3) is 0.833. The molecule has 0 spiro atoms. The lowest BCUT2D eigenvalue weighted by atomic mass is 9.89. The van der Waals surface area contributed by atoms with Gasteiger partial charge in [0.2, 0.25) is 0 Å². The van der Waals surface area contributed by atoms with Crippen molar-refractivity contribution in [2.75, 3.05) is 13.2 Å². The number of alkyl halides is 2. The monoisotopic (exact) mass is 376 g/mol. The maximum Gasteiger partial charge on any atom is 0.310 e. The Kier molecular flexibility index (Phi) is 6.14. The van der Waals surface area contributed by atoms with Crippen LogP contribution in [0.4, 0.5) is 8.78 Å². The van der Waals surface area contributed by atoms with Gasteiger partial charge in [0.1, 0.15) is 6.10 Å². The van der Waals surface area contributed by atoms with Crippen LogP contribution in [-0.2, 0) is 19.0 Å². The molecule has 3 fully saturated rings.